The van der Waals surface area contributed by atoms with E-state index >= 15 is 0 Å². The van der Waals surface area contributed by atoms with Gasteiger partial charge in [-0.15, -0.1) is 0 Å². The fourth-order valence-electron chi connectivity index (χ4n) is 2.13. The zero-order valence-corrected chi connectivity index (χ0v) is 13.7. The summed E-state index contributed by atoms with van der Waals surface area (Å²) in [6, 6.07) is 1.98. The molecular formula is C16H24N4O. The van der Waals surface area contributed by atoms with Crippen molar-refractivity contribution < 1.29 is 4.42 Å². The maximum Gasteiger partial charge on any atom is 0.138 e. The summed E-state index contributed by atoms with van der Waals surface area (Å²) in [4.78, 5) is 11.2. The molecule has 0 aliphatic rings. The number of rotatable bonds is 3. The van der Waals surface area contributed by atoms with E-state index in [1.165, 1.54) is 0 Å². The van der Waals surface area contributed by atoms with Gasteiger partial charge in [0.25, 0.3) is 0 Å². The molecule has 0 fully saturated rings. The van der Waals surface area contributed by atoms with Crippen molar-refractivity contribution >= 4 is 11.6 Å². The predicted molar refractivity (Wildman–Crippen MR) is 85.4 cm³/mol. The van der Waals surface area contributed by atoms with E-state index in [-0.39, 0.29) is 5.41 Å². The second-order valence-corrected chi connectivity index (χ2v) is 6.49. The minimum atomic E-state index is -0.136. The topological polar surface area (TPSA) is 68.2 Å². The molecule has 114 valence electrons. The molecular weight excluding hydrogens is 264 g/mol. The van der Waals surface area contributed by atoms with E-state index in [0.29, 0.717) is 5.82 Å². The molecule has 0 saturated heterocycles. The van der Waals surface area contributed by atoms with E-state index in [0.717, 1.165) is 35.1 Å². The first-order chi connectivity index (χ1) is 9.70. The van der Waals surface area contributed by atoms with E-state index < -0.39 is 0 Å². The highest BCUT2D eigenvalue weighted by atomic mass is 16.3. The first kappa shape index (κ1) is 15.4. The van der Waals surface area contributed by atoms with Crippen LogP contribution in [0.3, 0.4) is 0 Å². The van der Waals surface area contributed by atoms with E-state index in [1.54, 1.807) is 6.26 Å². The standard InChI is InChI=1S/C16H24N4O/c1-10-13(17)18-15(16(3,4)5)19-14(10)20(6)9-12-7-8-21-11(12)2/h7-8H,9H2,1-6H3,(H2,17,18,19). The van der Waals surface area contributed by atoms with Gasteiger partial charge in [-0.1, -0.05) is 20.8 Å². The predicted octanol–water partition coefficient (Wildman–Crippen LogP) is 3.20. The third kappa shape index (κ3) is 3.17. The normalized spacial score (nSPS) is 11.7. The van der Waals surface area contributed by atoms with Crippen molar-refractivity contribution in [1.29, 1.82) is 0 Å². The molecule has 2 rings (SSSR count). The van der Waals surface area contributed by atoms with Gasteiger partial charge in [0.05, 0.1) is 6.26 Å². The average molecular weight is 288 g/mol. The van der Waals surface area contributed by atoms with Crippen LogP contribution < -0.4 is 10.6 Å². The Morgan fingerprint density at radius 2 is 1.90 bits per heavy atom. The highest BCUT2D eigenvalue weighted by molar-refractivity contribution is 5.56. The minimum Gasteiger partial charge on any atom is -0.469 e. The van der Waals surface area contributed by atoms with Gasteiger partial charge in [0.2, 0.25) is 0 Å². The van der Waals surface area contributed by atoms with Crippen LogP contribution in [-0.2, 0) is 12.0 Å². The molecule has 0 atom stereocenters. The van der Waals surface area contributed by atoms with Gasteiger partial charge >= 0.3 is 0 Å². The summed E-state index contributed by atoms with van der Waals surface area (Å²) in [6.45, 7) is 10.9. The number of nitrogens with zero attached hydrogens (tertiary/aromatic N) is 3. The molecule has 0 amide bonds. The van der Waals surface area contributed by atoms with Crippen LogP contribution in [0.2, 0.25) is 0 Å². The van der Waals surface area contributed by atoms with Gasteiger partial charge in [-0.2, -0.15) is 0 Å². The zero-order valence-electron chi connectivity index (χ0n) is 13.7. The van der Waals surface area contributed by atoms with Gasteiger partial charge in [-0.3, -0.25) is 0 Å². The van der Waals surface area contributed by atoms with Crippen LogP contribution in [0, 0.1) is 13.8 Å². The summed E-state index contributed by atoms with van der Waals surface area (Å²) >= 11 is 0. The molecule has 2 aromatic heterocycles. The van der Waals surface area contributed by atoms with Crippen molar-refractivity contribution in [3.8, 4) is 0 Å². The van der Waals surface area contributed by atoms with Crippen molar-refractivity contribution in [1.82, 2.24) is 9.97 Å². The Labute approximate surface area is 126 Å². The van der Waals surface area contributed by atoms with Crippen LogP contribution >= 0.6 is 0 Å². The molecule has 2 aromatic rings. The monoisotopic (exact) mass is 288 g/mol. The van der Waals surface area contributed by atoms with Gasteiger partial charge in [0, 0.05) is 30.1 Å². The molecule has 2 heterocycles. The van der Waals surface area contributed by atoms with E-state index in [1.807, 2.05) is 27.0 Å². The second kappa shape index (κ2) is 5.39. The molecule has 0 aliphatic heterocycles. The van der Waals surface area contributed by atoms with Gasteiger partial charge < -0.3 is 15.1 Å². The summed E-state index contributed by atoms with van der Waals surface area (Å²) in [6.07, 6.45) is 1.71. The van der Waals surface area contributed by atoms with E-state index in [2.05, 4.69) is 30.7 Å². The van der Waals surface area contributed by atoms with Crippen molar-refractivity contribution in [3.05, 3.63) is 35.0 Å². The minimum absolute atomic E-state index is 0.136. The largest absolute Gasteiger partial charge is 0.469 e. The van der Waals surface area contributed by atoms with Gasteiger partial charge in [0.1, 0.15) is 23.2 Å². The van der Waals surface area contributed by atoms with E-state index in [9.17, 15) is 0 Å². The number of furan rings is 1. The molecule has 0 unspecified atom stereocenters. The third-order valence-electron chi connectivity index (χ3n) is 3.56. The van der Waals surface area contributed by atoms with Crippen molar-refractivity contribution in [2.75, 3.05) is 17.7 Å². The van der Waals surface area contributed by atoms with Crippen LogP contribution in [0.15, 0.2) is 16.7 Å². The number of hydrogen-bond acceptors (Lipinski definition) is 5. The van der Waals surface area contributed by atoms with Crippen molar-refractivity contribution in [3.63, 3.8) is 0 Å². The van der Waals surface area contributed by atoms with Crippen LogP contribution in [0.5, 0.6) is 0 Å². The van der Waals surface area contributed by atoms with Crippen LogP contribution in [-0.4, -0.2) is 17.0 Å². The Morgan fingerprint density at radius 3 is 2.43 bits per heavy atom. The highest BCUT2D eigenvalue weighted by Gasteiger charge is 2.22. The number of nitrogen functional groups attached to an aromatic ring is 1. The number of nitrogens with two attached hydrogens (primary N) is 1. The lowest BCUT2D eigenvalue weighted by atomic mass is 9.95. The van der Waals surface area contributed by atoms with E-state index in [4.69, 9.17) is 15.1 Å². The van der Waals surface area contributed by atoms with Crippen LogP contribution in [0.1, 0.15) is 43.5 Å². The number of aryl methyl sites for hydroxylation is 1. The first-order valence-corrected chi connectivity index (χ1v) is 7.09. The number of aromatic nitrogens is 2. The quantitative estimate of drug-likeness (QED) is 0.939. The average Bonchev–Trinajstić information content (AvgIpc) is 2.76. The first-order valence-electron chi connectivity index (χ1n) is 7.09. The Balaban J connectivity index is 2.38. The maximum absolute atomic E-state index is 6.06. The Bertz CT molecular complexity index is 640. The molecule has 5 heteroatoms. The summed E-state index contributed by atoms with van der Waals surface area (Å²) in [5, 5.41) is 0. The lowest BCUT2D eigenvalue weighted by molar-refractivity contribution is 0.529. The summed E-state index contributed by atoms with van der Waals surface area (Å²) in [7, 11) is 2.01. The molecule has 0 aliphatic carbocycles. The van der Waals surface area contributed by atoms with Crippen molar-refractivity contribution in [2.24, 2.45) is 0 Å². The Morgan fingerprint density at radius 1 is 1.24 bits per heavy atom. The van der Waals surface area contributed by atoms with Crippen LogP contribution in [0.4, 0.5) is 11.6 Å². The fourth-order valence-corrected chi connectivity index (χ4v) is 2.13. The molecule has 0 aromatic carbocycles. The third-order valence-corrected chi connectivity index (χ3v) is 3.56. The molecule has 0 saturated carbocycles. The smallest absolute Gasteiger partial charge is 0.138 e. The molecule has 0 bridgehead atoms. The summed E-state index contributed by atoms with van der Waals surface area (Å²) in [5.74, 6) is 3.10. The fraction of sp³-hybridized carbons (Fsp3) is 0.500. The summed E-state index contributed by atoms with van der Waals surface area (Å²) in [5.41, 5.74) is 7.98. The number of hydrogen-bond donors (Lipinski definition) is 1. The molecule has 0 radical (unpaired) electrons. The Hall–Kier alpha value is -2.04. The molecule has 21 heavy (non-hydrogen) atoms. The van der Waals surface area contributed by atoms with Crippen molar-refractivity contribution in [2.45, 2.75) is 46.6 Å². The number of anilines is 2. The second-order valence-electron chi connectivity index (χ2n) is 6.49. The molecule has 0 spiro atoms. The molecule has 2 N–H and O–H groups in total. The maximum atomic E-state index is 6.06. The highest BCUT2D eigenvalue weighted by Crippen LogP contribution is 2.27. The molecule has 5 nitrogen and oxygen atoms in total. The zero-order chi connectivity index (χ0) is 15.8. The lowest BCUT2D eigenvalue weighted by Crippen LogP contribution is -2.24. The SMILES string of the molecule is Cc1occc1CN(C)c1nc(C(C)(C)C)nc(N)c1C. The van der Waals surface area contributed by atoms with Gasteiger partial charge in [0.15, 0.2) is 0 Å². The lowest BCUT2D eigenvalue weighted by Gasteiger charge is -2.24. The summed E-state index contributed by atoms with van der Waals surface area (Å²) < 4.78 is 5.35. The van der Waals surface area contributed by atoms with Crippen LogP contribution in [0.25, 0.3) is 0 Å². The Kier molecular flexibility index (Phi) is 3.94. The van der Waals surface area contributed by atoms with Gasteiger partial charge in [-0.25, -0.2) is 9.97 Å². The van der Waals surface area contributed by atoms with Gasteiger partial charge in [-0.05, 0) is 19.9 Å².